The second kappa shape index (κ2) is 9.45. The molecular formula is C27H33N5O6. The molecule has 1 aliphatic carbocycles. The van der Waals surface area contributed by atoms with E-state index in [1.54, 1.807) is 19.2 Å². The molecule has 1 aromatic heterocycles. The molecule has 5 unspecified atom stereocenters. The molecule has 5 atom stereocenters. The molecule has 1 saturated carbocycles. The van der Waals surface area contributed by atoms with Crippen LogP contribution in [0.1, 0.15) is 43.6 Å². The number of piperidine rings is 2. The number of benzene rings is 1. The number of nitrogens with one attached hydrogen (secondary N) is 3. The van der Waals surface area contributed by atoms with E-state index in [2.05, 4.69) is 29.5 Å². The highest BCUT2D eigenvalue weighted by molar-refractivity contribution is 6.38. The van der Waals surface area contributed by atoms with Gasteiger partial charge in [0.1, 0.15) is 17.5 Å². The summed E-state index contributed by atoms with van der Waals surface area (Å²) in [5.74, 6) is -3.10. The number of rotatable bonds is 8. The lowest BCUT2D eigenvalue weighted by Gasteiger charge is -2.31. The SMILES string of the molecule is COc1cccc2[nH]c(C(=O)N3CC4C(C3C(=O)NC(CC3CCCNC3=O)C(=O)C(N)=O)C4(C)C)cc12. The van der Waals surface area contributed by atoms with Gasteiger partial charge in [-0.05, 0) is 54.7 Å². The van der Waals surface area contributed by atoms with Gasteiger partial charge < -0.3 is 31.0 Å². The van der Waals surface area contributed by atoms with E-state index in [1.165, 1.54) is 4.90 Å². The van der Waals surface area contributed by atoms with Crippen molar-refractivity contribution in [2.45, 2.75) is 45.2 Å². The van der Waals surface area contributed by atoms with Crippen LogP contribution in [0, 0.1) is 23.2 Å². The van der Waals surface area contributed by atoms with Gasteiger partial charge in [-0.2, -0.15) is 0 Å². The number of methoxy groups -OCH3 is 1. The van der Waals surface area contributed by atoms with E-state index in [9.17, 15) is 24.0 Å². The predicted octanol–water partition coefficient (Wildman–Crippen LogP) is 0.729. The summed E-state index contributed by atoms with van der Waals surface area (Å²) in [4.78, 5) is 68.8. The number of hydrogen-bond donors (Lipinski definition) is 4. The van der Waals surface area contributed by atoms with Gasteiger partial charge in [-0.15, -0.1) is 0 Å². The third-order valence-electron chi connectivity index (χ3n) is 8.61. The van der Waals surface area contributed by atoms with E-state index in [0.717, 1.165) is 17.3 Å². The number of fused-ring (bicyclic) bond motifs is 2. The van der Waals surface area contributed by atoms with Crippen LogP contribution in [0.15, 0.2) is 24.3 Å². The van der Waals surface area contributed by atoms with Crippen molar-refractivity contribution in [3.63, 3.8) is 0 Å². The van der Waals surface area contributed by atoms with Crippen LogP contribution in [0.2, 0.25) is 0 Å². The number of aromatic amines is 1. The summed E-state index contributed by atoms with van der Waals surface area (Å²) in [7, 11) is 1.56. The minimum absolute atomic E-state index is 0.0285. The first-order valence-electron chi connectivity index (χ1n) is 12.9. The van der Waals surface area contributed by atoms with Crippen LogP contribution in [0.5, 0.6) is 5.75 Å². The number of H-pyrrole nitrogens is 1. The molecular weight excluding hydrogens is 490 g/mol. The zero-order valence-corrected chi connectivity index (χ0v) is 21.7. The van der Waals surface area contributed by atoms with Crippen molar-refractivity contribution in [1.29, 1.82) is 0 Å². The Morgan fingerprint density at radius 3 is 2.71 bits per heavy atom. The van der Waals surface area contributed by atoms with Crippen LogP contribution in [0.25, 0.3) is 10.9 Å². The molecule has 3 heterocycles. The van der Waals surface area contributed by atoms with E-state index in [-0.39, 0.29) is 35.5 Å². The Morgan fingerprint density at radius 2 is 2.03 bits per heavy atom. The third-order valence-corrected chi connectivity index (χ3v) is 8.61. The van der Waals surface area contributed by atoms with E-state index in [1.807, 2.05) is 12.1 Å². The van der Waals surface area contributed by atoms with Crippen LogP contribution < -0.4 is 21.1 Å². The Balaban J connectivity index is 1.40. The summed E-state index contributed by atoms with van der Waals surface area (Å²) >= 11 is 0. The van der Waals surface area contributed by atoms with E-state index < -0.39 is 35.6 Å². The first kappa shape index (κ1) is 25.7. The minimum Gasteiger partial charge on any atom is -0.496 e. The van der Waals surface area contributed by atoms with Gasteiger partial charge in [-0.1, -0.05) is 19.9 Å². The maximum atomic E-state index is 13.7. The molecule has 4 amide bonds. The van der Waals surface area contributed by atoms with Gasteiger partial charge in [0.15, 0.2) is 0 Å². The van der Waals surface area contributed by atoms with Gasteiger partial charge in [-0.25, -0.2) is 0 Å². The van der Waals surface area contributed by atoms with Gasteiger partial charge in [0, 0.05) is 29.9 Å². The van der Waals surface area contributed by atoms with E-state index in [4.69, 9.17) is 10.5 Å². The Hall–Kier alpha value is -3.89. The second-order valence-electron chi connectivity index (χ2n) is 11.1. The summed E-state index contributed by atoms with van der Waals surface area (Å²) in [6.07, 6.45) is 1.25. The normalized spacial score (nSPS) is 26.3. The molecule has 3 fully saturated rings. The number of ether oxygens (including phenoxy) is 1. The molecule has 0 bridgehead atoms. The van der Waals surface area contributed by atoms with E-state index in [0.29, 0.717) is 31.0 Å². The highest BCUT2D eigenvalue weighted by Crippen LogP contribution is 2.65. The van der Waals surface area contributed by atoms with Crippen LogP contribution in [0.4, 0.5) is 0 Å². The molecule has 2 aromatic rings. The average molecular weight is 524 g/mol. The fourth-order valence-corrected chi connectivity index (χ4v) is 6.38. The predicted molar refractivity (Wildman–Crippen MR) is 137 cm³/mol. The molecule has 38 heavy (non-hydrogen) atoms. The molecule has 2 aliphatic heterocycles. The second-order valence-corrected chi connectivity index (χ2v) is 11.1. The quantitative estimate of drug-likeness (QED) is 0.373. The fraction of sp³-hybridized carbons (Fsp3) is 0.519. The van der Waals surface area contributed by atoms with Crippen molar-refractivity contribution in [3.8, 4) is 5.75 Å². The van der Waals surface area contributed by atoms with Gasteiger partial charge in [0.05, 0.1) is 13.2 Å². The number of nitrogens with zero attached hydrogens (tertiary/aromatic N) is 1. The van der Waals surface area contributed by atoms with E-state index >= 15 is 0 Å². The monoisotopic (exact) mass is 523 g/mol. The van der Waals surface area contributed by atoms with Gasteiger partial charge >= 0.3 is 0 Å². The van der Waals surface area contributed by atoms with Crippen LogP contribution >= 0.6 is 0 Å². The maximum Gasteiger partial charge on any atom is 0.287 e. The van der Waals surface area contributed by atoms with Crippen molar-refractivity contribution < 1.29 is 28.7 Å². The Kier molecular flexibility index (Phi) is 6.40. The van der Waals surface area contributed by atoms with Gasteiger partial charge in [0.2, 0.25) is 17.6 Å². The van der Waals surface area contributed by atoms with Crippen LogP contribution in [-0.2, 0) is 19.2 Å². The summed E-state index contributed by atoms with van der Waals surface area (Å²) in [6, 6.07) is 5.09. The van der Waals surface area contributed by atoms with Gasteiger partial charge in [0.25, 0.3) is 11.8 Å². The number of hydrogen-bond acceptors (Lipinski definition) is 6. The van der Waals surface area contributed by atoms with Crippen molar-refractivity contribution in [2.75, 3.05) is 20.2 Å². The standard InChI is InChI=1S/C27H33N5O6/c1-27(2)15-12-32(26(37)18-11-14-16(30-18)7-4-8-19(14)38-3)21(20(15)27)25(36)31-17(22(33)23(28)34)10-13-6-5-9-29-24(13)35/h4,7-8,11,13,15,17,20-21,30H,5-6,9-10,12H2,1-3H3,(H2,28,34)(H,29,35)(H,31,36). The van der Waals surface area contributed by atoms with Crippen molar-refractivity contribution >= 4 is 40.3 Å². The van der Waals surface area contributed by atoms with Crippen molar-refractivity contribution in [2.24, 2.45) is 28.9 Å². The van der Waals surface area contributed by atoms with Gasteiger partial charge in [-0.3, -0.25) is 24.0 Å². The maximum absolute atomic E-state index is 13.7. The highest BCUT2D eigenvalue weighted by Gasteiger charge is 2.69. The van der Waals surface area contributed by atoms with Crippen molar-refractivity contribution in [3.05, 3.63) is 30.0 Å². The molecule has 3 aliphatic rings. The Morgan fingerprint density at radius 1 is 1.26 bits per heavy atom. The molecule has 0 radical (unpaired) electrons. The van der Waals surface area contributed by atoms with Crippen LogP contribution in [-0.4, -0.2) is 71.6 Å². The number of Topliss-reactive ketones (excluding diaryl/α,β-unsaturated/α-hetero) is 1. The highest BCUT2D eigenvalue weighted by atomic mass is 16.5. The molecule has 11 nitrogen and oxygen atoms in total. The van der Waals surface area contributed by atoms with Crippen molar-refractivity contribution in [1.82, 2.24) is 20.5 Å². The number of likely N-dealkylation sites (tertiary alicyclic amines) is 1. The largest absolute Gasteiger partial charge is 0.496 e. The lowest BCUT2D eigenvalue weighted by atomic mass is 9.89. The number of primary amides is 1. The minimum atomic E-state index is -1.25. The Bertz CT molecular complexity index is 1330. The summed E-state index contributed by atoms with van der Waals surface area (Å²) in [5.41, 5.74) is 6.18. The summed E-state index contributed by atoms with van der Waals surface area (Å²) < 4.78 is 5.40. The zero-order chi connectivity index (χ0) is 27.4. The first-order chi connectivity index (χ1) is 18.0. The lowest BCUT2D eigenvalue weighted by molar-refractivity contribution is -0.140. The number of nitrogens with two attached hydrogens (primary N) is 1. The molecule has 2 saturated heterocycles. The molecule has 1 aromatic carbocycles. The number of carbonyl (C=O) groups is 5. The Labute approximate surface area is 219 Å². The molecule has 11 heteroatoms. The smallest absolute Gasteiger partial charge is 0.287 e. The molecule has 202 valence electrons. The number of ketones is 1. The number of aromatic nitrogens is 1. The average Bonchev–Trinajstić information content (AvgIpc) is 3.27. The van der Waals surface area contributed by atoms with Crippen LogP contribution in [0.3, 0.4) is 0 Å². The molecule has 0 spiro atoms. The molecule has 5 rings (SSSR count). The zero-order valence-electron chi connectivity index (χ0n) is 21.7. The molecule has 5 N–H and O–H groups in total. The fourth-order valence-electron chi connectivity index (χ4n) is 6.38. The number of carbonyl (C=O) groups excluding carboxylic acids is 5. The topological polar surface area (TPSA) is 164 Å². The third kappa shape index (κ3) is 4.29. The first-order valence-corrected chi connectivity index (χ1v) is 12.9. The lowest BCUT2D eigenvalue weighted by Crippen LogP contribution is -2.56. The number of amides is 4. The summed E-state index contributed by atoms with van der Waals surface area (Å²) in [6.45, 7) is 5.04. The summed E-state index contributed by atoms with van der Waals surface area (Å²) in [5, 5.41) is 6.20.